The van der Waals surface area contributed by atoms with Crippen LogP contribution in [0.25, 0.3) is 0 Å². The summed E-state index contributed by atoms with van der Waals surface area (Å²) < 4.78 is 12.9. The summed E-state index contributed by atoms with van der Waals surface area (Å²) in [5.41, 5.74) is 1.35. The Labute approximate surface area is 136 Å². The largest absolute Gasteiger partial charge is 0.330 e. The molecule has 0 atom stereocenters. The van der Waals surface area contributed by atoms with Crippen LogP contribution in [-0.4, -0.2) is 12.2 Å². The molecule has 2 aliphatic rings. The minimum Gasteiger partial charge on any atom is -0.330 e. The van der Waals surface area contributed by atoms with E-state index in [-0.39, 0.29) is 0 Å². The molecule has 122 valence electrons. The fourth-order valence-corrected chi connectivity index (χ4v) is 5.30. The van der Waals surface area contributed by atoms with Gasteiger partial charge in [0.15, 0.2) is 8.38 Å². The average Bonchev–Trinajstić information content (AvgIpc) is 2.57. The maximum atomic E-state index is 6.44. The van der Waals surface area contributed by atoms with Gasteiger partial charge in [0, 0.05) is 6.16 Å². The summed E-state index contributed by atoms with van der Waals surface area (Å²) in [5.74, 6) is 0. The van der Waals surface area contributed by atoms with E-state index in [9.17, 15) is 0 Å². The molecule has 3 rings (SSSR count). The number of rotatable bonds is 6. The molecule has 22 heavy (non-hydrogen) atoms. The highest BCUT2D eigenvalue weighted by Gasteiger charge is 2.24. The van der Waals surface area contributed by atoms with Crippen molar-refractivity contribution in [1.82, 2.24) is 0 Å². The van der Waals surface area contributed by atoms with Crippen molar-refractivity contribution in [3.8, 4) is 0 Å². The van der Waals surface area contributed by atoms with Crippen molar-refractivity contribution in [2.45, 2.75) is 82.6 Å². The van der Waals surface area contributed by atoms with Crippen LogP contribution in [0.1, 0.15) is 69.8 Å². The van der Waals surface area contributed by atoms with E-state index >= 15 is 0 Å². The number of benzene rings is 1. The van der Waals surface area contributed by atoms with E-state index in [2.05, 4.69) is 30.3 Å². The zero-order chi connectivity index (χ0) is 15.0. The van der Waals surface area contributed by atoms with Crippen molar-refractivity contribution < 1.29 is 9.05 Å². The minimum atomic E-state index is -0.783. The van der Waals surface area contributed by atoms with Gasteiger partial charge < -0.3 is 9.05 Å². The van der Waals surface area contributed by atoms with Crippen LogP contribution in [0.2, 0.25) is 0 Å². The lowest BCUT2D eigenvalue weighted by Crippen LogP contribution is -2.19. The lowest BCUT2D eigenvalue weighted by atomic mass is 9.98. The van der Waals surface area contributed by atoms with E-state index in [0.717, 1.165) is 6.16 Å². The minimum absolute atomic E-state index is 0.437. The van der Waals surface area contributed by atoms with E-state index in [4.69, 9.17) is 9.05 Å². The molecule has 2 saturated carbocycles. The fourth-order valence-electron chi connectivity index (χ4n) is 3.51. The van der Waals surface area contributed by atoms with Gasteiger partial charge in [0.2, 0.25) is 0 Å². The Balaban J connectivity index is 1.58. The first-order valence-electron chi connectivity index (χ1n) is 9.05. The van der Waals surface area contributed by atoms with Crippen molar-refractivity contribution in [2.75, 3.05) is 0 Å². The summed E-state index contributed by atoms with van der Waals surface area (Å²) in [6.45, 7) is 0. The summed E-state index contributed by atoms with van der Waals surface area (Å²) in [5, 5.41) is 0. The Kier molecular flexibility index (Phi) is 6.73. The van der Waals surface area contributed by atoms with Crippen molar-refractivity contribution >= 4 is 8.38 Å². The first kappa shape index (κ1) is 16.4. The molecular weight excluding hydrogens is 291 g/mol. The van der Waals surface area contributed by atoms with Gasteiger partial charge in [-0.15, -0.1) is 0 Å². The highest BCUT2D eigenvalue weighted by molar-refractivity contribution is 7.46. The third kappa shape index (κ3) is 5.33. The Morgan fingerprint density at radius 2 is 1.23 bits per heavy atom. The summed E-state index contributed by atoms with van der Waals surface area (Å²) in [6.07, 6.45) is 14.8. The molecule has 0 aromatic heterocycles. The summed E-state index contributed by atoms with van der Waals surface area (Å²) >= 11 is 0. The van der Waals surface area contributed by atoms with Gasteiger partial charge in [-0.1, -0.05) is 68.9 Å². The van der Waals surface area contributed by atoms with Gasteiger partial charge in [-0.25, -0.2) is 0 Å². The van der Waals surface area contributed by atoms with E-state index < -0.39 is 8.38 Å². The molecule has 1 aromatic rings. The molecular formula is C19H29O2P. The molecule has 2 aliphatic carbocycles. The molecule has 1 aromatic carbocycles. The topological polar surface area (TPSA) is 18.5 Å². The van der Waals surface area contributed by atoms with E-state index in [1.54, 1.807) is 0 Å². The molecule has 2 nitrogen and oxygen atoms in total. The van der Waals surface area contributed by atoms with Crippen LogP contribution in [0.4, 0.5) is 0 Å². The second-order valence-corrected chi connectivity index (χ2v) is 8.11. The van der Waals surface area contributed by atoms with Gasteiger partial charge in [0.25, 0.3) is 0 Å². The highest BCUT2D eigenvalue weighted by Crippen LogP contribution is 2.48. The SMILES string of the molecule is c1ccc(CP(OC2CCCCC2)OC2CCCCC2)cc1. The van der Waals surface area contributed by atoms with Crippen molar-refractivity contribution in [3.05, 3.63) is 35.9 Å². The molecule has 0 unspecified atom stereocenters. The Morgan fingerprint density at radius 3 is 1.73 bits per heavy atom. The molecule has 0 spiro atoms. The predicted octanol–water partition coefficient (Wildman–Crippen LogP) is 6.20. The van der Waals surface area contributed by atoms with Gasteiger partial charge in [-0.05, 0) is 31.2 Å². The van der Waals surface area contributed by atoms with Crippen LogP contribution < -0.4 is 0 Å². The van der Waals surface area contributed by atoms with Gasteiger partial charge in [0.1, 0.15) is 0 Å². The van der Waals surface area contributed by atoms with Crippen molar-refractivity contribution in [1.29, 1.82) is 0 Å². The first-order chi connectivity index (χ1) is 10.9. The molecule has 0 radical (unpaired) electrons. The van der Waals surface area contributed by atoms with Crippen LogP contribution >= 0.6 is 8.38 Å². The molecule has 0 bridgehead atoms. The Morgan fingerprint density at radius 1 is 0.727 bits per heavy atom. The van der Waals surface area contributed by atoms with Crippen LogP contribution in [-0.2, 0) is 15.2 Å². The van der Waals surface area contributed by atoms with E-state index in [1.807, 2.05) is 0 Å². The maximum Gasteiger partial charge on any atom is 0.175 e. The highest BCUT2D eigenvalue weighted by atomic mass is 31.2. The number of hydrogen-bond acceptors (Lipinski definition) is 2. The van der Waals surface area contributed by atoms with Gasteiger partial charge >= 0.3 is 0 Å². The quantitative estimate of drug-likeness (QED) is 0.581. The Hall–Kier alpha value is -0.430. The third-order valence-electron chi connectivity index (χ3n) is 4.79. The van der Waals surface area contributed by atoms with E-state index in [1.165, 1.54) is 69.8 Å². The second kappa shape index (κ2) is 9.01. The smallest absolute Gasteiger partial charge is 0.175 e. The van der Waals surface area contributed by atoms with E-state index in [0.29, 0.717) is 12.2 Å². The lowest BCUT2D eigenvalue weighted by molar-refractivity contribution is 0.102. The van der Waals surface area contributed by atoms with Crippen LogP contribution in [0, 0.1) is 0 Å². The van der Waals surface area contributed by atoms with Crippen molar-refractivity contribution in [2.24, 2.45) is 0 Å². The standard InChI is InChI=1S/C19H29O2P/c1-4-10-17(11-5-1)16-22(20-18-12-6-2-7-13-18)21-19-14-8-3-9-15-19/h1,4-5,10-11,18-19H,2-3,6-9,12-16H2. The van der Waals surface area contributed by atoms with Crippen molar-refractivity contribution in [3.63, 3.8) is 0 Å². The first-order valence-corrected chi connectivity index (χ1v) is 10.4. The summed E-state index contributed by atoms with van der Waals surface area (Å²) in [6, 6.07) is 10.7. The van der Waals surface area contributed by atoms with Gasteiger partial charge in [-0.3, -0.25) is 0 Å². The molecule has 2 fully saturated rings. The van der Waals surface area contributed by atoms with Gasteiger partial charge in [-0.2, -0.15) is 0 Å². The average molecular weight is 320 g/mol. The van der Waals surface area contributed by atoms with Gasteiger partial charge in [0.05, 0.1) is 12.2 Å². The monoisotopic (exact) mass is 320 g/mol. The van der Waals surface area contributed by atoms with Crippen LogP contribution in [0.3, 0.4) is 0 Å². The molecule has 0 aliphatic heterocycles. The van der Waals surface area contributed by atoms with Crippen LogP contribution in [0.5, 0.6) is 0 Å². The zero-order valence-electron chi connectivity index (χ0n) is 13.6. The zero-order valence-corrected chi connectivity index (χ0v) is 14.5. The molecule has 0 amide bonds. The normalized spacial score (nSPS) is 21.3. The lowest BCUT2D eigenvalue weighted by Gasteiger charge is -2.31. The molecule has 0 saturated heterocycles. The van der Waals surface area contributed by atoms with Crippen LogP contribution in [0.15, 0.2) is 30.3 Å². The molecule has 3 heteroatoms. The molecule has 0 heterocycles. The number of hydrogen-bond donors (Lipinski definition) is 0. The third-order valence-corrected chi connectivity index (χ3v) is 6.48. The predicted molar refractivity (Wildman–Crippen MR) is 93.0 cm³/mol. The molecule has 0 N–H and O–H groups in total. The fraction of sp³-hybridized carbons (Fsp3) is 0.684. The Bertz CT molecular complexity index is 391. The maximum absolute atomic E-state index is 6.44. The second-order valence-electron chi connectivity index (χ2n) is 6.71. The summed E-state index contributed by atoms with van der Waals surface area (Å²) in [7, 11) is -0.783. The summed E-state index contributed by atoms with van der Waals surface area (Å²) in [4.78, 5) is 0.